The van der Waals surface area contributed by atoms with Crippen molar-refractivity contribution in [3.63, 3.8) is 0 Å². The van der Waals surface area contributed by atoms with Crippen LogP contribution < -0.4 is 15.4 Å². The summed E-state index contributed by atoms with van der Waals surface area (Å²) in [4.78, 5) is 8.61. The zero-order chi connectivity index (χ0) is 15.1. The summed E-state index contributed by atoms with van der Waals surface area (Å²) in [5.74, 6) is 3.80. The molecule has 1 aromatic rings. The molecule has 0 aromatic carbocycles. The van der Waals surface area contributed by atoms with Crippen LogP contribution in [0.4, 0.5) is 11.6 Å². The van der Waals surface area contributed by atoms with E-state index in [1.165, 1.54) is 25.7 Å². The predicted molar refractivity (Wildman–Crippen MR) is 87.0 cm³/mol. The lowest BCUT2D eigenvalue weighted by Crippen LogP contribution is -2.25. The topological polar surface area (TPSA) is 59.1 Å². The van der Waals surface area contributed by atoms with Gasteiger partial charge in [0.05, 0.1) is 7.11 Å². The zero-order valence-corrected chi connectivity index (χ0v) is 13.5. The van der Waals surface area contributed by atoms with E-state index >= 15 is 0 Å². The highest BCUT2D eigenvalue weighted by Crippen LogP contribution is 2.32. The van der Waals surface area contributed by atoms with Crippen LogP contribution in [0.3, 0.4) is 0 Å². The van der Waals surface area contributed by atoms with Gasteiger partial charge in [0.2, 0.25) is 5.75 Å². The minimum Gasteiger partial charge on any atom is -0.490 e. The molecule has 1 fully saturated rings. The van der Waals surface area contributed by atoms with E-state index in [0.717, 1.165) is 48.7 Å². The molecule has 0 aliphatic heterocycles. The van der Waals surface area contributed by atoms with Gasteiger partial charge in [-0.05, 0) is 24.7 Å². The maximum absolute atomic E-state index is 5.49. The highest BCUT2D eigenvalue weighted by atomic mass is 16.5. The molecule has 2 unspecified atom stereocenters. The van der Waals surface area contributed by atoms with Crippen molar-refractivity contribution in [1.29, 1.82) is 0 Å². The Balaban J connectivity index is 2.01. The van der Waals surface area contributed by atoms with Crippen molar-refractivity contribution in [3.05, 3.63) is 6.33 Å². The molecule has 0 saturated heterocycles. The standard InChI is InChI=1S/C16H28N4O/c1-4-9-17-15-14(21-3)16(20-11-19-15)18-10-13-8-6-5-7-12(13)2/h11-13H,4-10H2,1-3H3,(H2,17,18,19,20). The Morgan fingerprint density at radius 3 is 2.57 bits per heavy atom. The average molecular weight is 292 g/mol. The number of methoxy groups -OCH3 is 1. The Morgan fingerprint density at radius 1 is 1.19 bits per heavy atom. The lowest BCUT2D eigenvalue weighted by Gasteiger charge is -2.29. The number of hydrogen-bond donors (Lipinski definition) is 2. The summed E-state index contributed by atoms with van der Waals surface area (Å²) in [7, 11) is 1.67. The Kier molecular flexibility index (Phi) is 6.08. The van der Waals surface area contributed by atoms with Crippen LogP contribution in [0.25, 0.3) is 0 Å². The first kappa shape index (κ1) is 15.9. The maximum atomic E-state index is 5.49. The first-order valence-electron chi connectivity index (χ1n) is 8.13. The van der Waals surface area contributed by atoms with Gasteiger partial charge in [-0.3, -0.25) is 0 Å². The molecule has 0 bridgehead atoms. The van der Waals surface area contributed by atoms with Gasteiger partial charge in [-0.2, -0.15) is 0 Å². The number of nitrogens with one attached hydrogen (secondary N) is 2. The van der Waals surface area contributed by atoms with E-state index in [-0.39, 0.29) is 0 Å². The molecule has 5 heteroatoms. The van der Waals surface area contributed by atoms with Gasteiger partial charge in [-0.25, -0.2) is 9.97 Å². The number of aromatic nitrogens is 2. The molecule has 2 N–H and O–H groups in total. The summed E-state index contributed by atoms with van der Waals surface area (Å²) >= 11 is 0. The number of rotatable bonds is 7. The van der Waals surface area contributed by atoms with Crippen molar-refractivity contribution in [2.24, 2.45) is 11.8 Å². The highest BCUT2D eigenvalue weighted by molar-refractivity contribution is 5.63. The normalized spacial score (nSPS) is 21.9. The van der Waals surface area contributed by atoms with E-state index in [1.54, 1.807) is 13.4 Å². The SMILES string of the molecule is CCCNc1ncnc(NCC2CCCCC2C)c1OC. The molecular formula is C16H28N4O. The monoisotopic (exact) mass is 292 g/mol. The summed E-state index contributed by atoms with van der Waals surface area (Å²) < 4.78 is 5.49. The first-order valence-corrected chi connectivity index (χ1v) is 8.13. The van der Waals surface area contributed by atoms with E-state index in [1.807, 2.05) is 0 Å². The molecule has 1 aliphatic carbocycles. The number of hydrogen-bond acceptors (Lipinski definition) is 5. The molecule has 2 rings (SSSR count). The minimum absolute atomic E-state index is 0.717. The van der Waals surface area contributed by atoms with E-state index < -0.39 is 0 Å². The number of ether oxygens (including phenoxy) is 1. The Hall–Kier alpha value is -1.52. The fourth-order valence-corrected chi connectivity index (χ4v) is 2.99. The fraction of sp³-hybridized carbons (Fsp3) is 0.750. The smallest absolute Gasteiger partial charge is 0.204 e. The third-order valence-electron chi connectivity index (χ3n) is 4.37. The van der Waals surface area contributed by atoms with Crippen LogP contribution in [0.2, 0.25) is 0 Å². The second-order valence-corrected chi connectivity index (χ2v) is 5.93. The molecule has 0 amide bonds. The van der Waals surface area contributed by atoms with Crippen LogP contribution in [0.5, 0.6) is 5.75 Å². The second-order valence-electron chi connectivity index (χ2n) is 5.93. The van der Waals surface area contributed by atoms with Gasteiger partial charge < -0.3 is 15.4 Å². The van der Waals surface area contributed by atoms with Crippen molar-refractivity contribution in [3.8, 4) is 5.75 Å². The summed E-state index contributed by atoms with van der Waals surface area (Å²) in [6.07, 6.45) is 8.02. The van der Waals surface area contributed by atoms with Crippen molar-refractivity contribution < 1.29 is 4.74 Å². The van der Waals surface area contributed by atoms with Crippen molar-refractivity contribution in [1.82, 2.24) is 9.97 Å². The van der Waals surface area contributed by atoms with Gasteiger partial charge in [0.1, 0.15) is 6.33 Å². The zero-order valence-electron chi connectivity index (χ0n) is 13.5. The minimum atomic E-state index is 0.717. The fourth-order valence-electron chi connectivity index (χ4n) is 2.99. The number of anilines is 2. The quantitative estimate of drug-likeness (QED) is 0.805. The van der Waals surface area contributed by atoms with Crippen molar-refractivity contribution >= 4 is 11.6 Å². The molecule has 1 aromatic heterocycles. The van der Waals surface area contributed by atoms with Gasteiger partial charge in [0, 0.05) is 13.1 Å². The van der Waals surface area contributed by atoms with Gasteiger partial charge in [0.25, 0.3) is 0 Å². The molecule has 21 heavy (non-hydrogen) atoms. The molecule has 118 valence electrons. The number of nitrogens with zero attached hydrogens (tertiary/aromatic N) is 2. The summed E-state index contributed by atoms with van der Waals surface area (Å²) in [5.41, 5.74) is 0. The Bertz CT molecular complexity index is 438. The summed E-state index contributed by atoms with van der Waals surface area (Å²) in [6.45, 7) is 6.33. The van der Waals surface area contributed by atoms with E-state index in [0.29, 0.717) is 0 Å². The molecule has 5 nitrogen and oxygen atoms in total. The predicted octanol–water partition coefficient (Wildman–Crippen LogP) is 3.55. The van der Waals surface area contributed by atoms with Gasteiger partial charge in [-0.1, -0.05) is 33.1 Å². The van der Waals surface area contributed by atoms with Crippen LogP contribution in [0, 0.1) is 11.8 Å². The Morgan fingerprint density at radius 2 is 1.90 bits per heavy atom. The molecule has 1 saturated carbocycles. The maximum Gasteiger partial charge on any atom is 0.204 e. The summed E-state index contributed by atoms with van der Waals surface area (Å²) in [5, 5.41) is 6.75. The lowest BCUT2D eigenvalue weighted by molar-refractivity contribution is 0.268. The van der Waals surface area contributed by atoms with Crippen LogP contribution >= 0.6 is 0 Å². The van der Waals surface area contributed by atoms with Crippen molar-refractivity contribution in [2.45, 2.75) is 46.0 Å². The van der Waals surface area contributed by atoms with Gasteiger partial charge >= 0.3 is 0 Å². The lowest BCUT2D eigenvalue weighted by atomic mass is 9.80. The van der Waals surface area contributed by atoms with Crippen LogP contribution in [0.1, 0.15) is 46.0 Å². The average Bonchev–Trinajstić information content (AvgIpc) is 2.52. The largest absolute Gasteiger partial charge is 0.490 e. The van der Waals surface area contributed by atoms with Gasteiger partial charge in [0.15, 0.2) is 11.6 Å². The van der Waals surface area contributed by atoms with E-state index in [4.69, 9.17) is 4.74 Å². The first-order chi connectivity index (χ1) is 10.3. The highest BCUT2D eigenvalue weighted by Gasteiger charge is 2.22. The second kappa shape index (κ2) is 8.05. The molecule has 2 atom stereocenters. The van der Waals surface area contributed by atoms with Crippen molar-refractivity contribution in [2.75, 3.05) is 30.8 Å². The molecule has 1 heterocycles. The van der Waals surface area contributed by atoms with Crippen LogP contribution in [-0.4, -0.2) is 30.2 Å². The molecule has 0 spiro atoms. The summed E-state index contributed by atoms with van der Waals surface area (Å²) in [6, 6.07) is 0. The molecule has 1 aliphatic rings. The van der Waals surface area contributed by atoms with E-state index in [2.05, 4.69) is 34.4 Å². The van der Waals surface area contributed by atoms with Gasteiger partial charge in [-0.15, -0.1) is 0 Å². The third kappa shape index (κ3) is 4.22. The molecular weight excluding hydrogens is 264 g/mol. The third-order valence-corrected chi connectivity index (χ3v) is 4.37. The van der Waals surface area contributed by atoms with E-state index in [9.17, 15) is 0 Å². The Labute approximate surface area is 127 Å². The van der Waals surface area contributed by atoms with Crippen LogP contribution in [0.15, 0.2) is 6.33 Å². The van der Waals surface area contributed by atoms with Crippen LogP contribution in [-0.2, 0) is 0 Å². The molecule has 0 radical (unpaired) electrons.